The second-order valence-corrected chi connectivity index (χ2v) is 9.58. The maximum absolute atomic E-state index is 12.8. The third-order valence-corrected chi connectivity index (χ3v) is 7.32. The van der Waals surface area contributed by atoms with Crippen molar-refractivity contribution in [1.82, 2.24) is 4.72 Å². The van der Waals surface area contributed by atoms with Crippen LogP contribution in [0.4, 0.5) is 0 Å². The molecule has 3 atom stereocenters. The van der Waals surface area contributed by atoms with Crippen molar-refractivity contribution in [3.63, 3.8) is 0 Å². The van der Waals surface area contributed by atoms with E-state index in [4.69, 9.17) is 4.74 Å². The Hall–Kier alpha value is -2.16. The summed E-state index contributed by atoms with van der Waals surface area (Å²) in [5, 5.41) is 9.27. The molecule has 0 saturated heterocycles. The fourth-order valence-electron chi connectivity index (χ4n) is 3.98. The van der Waals surface area contributed by atoms with Gasteiger partial charge in [-0.05, 0) is 37.1 Å². The minimum atomic E-state index is -3.68. The lowest BCUT2D eigenvalue weighted by Gasteiger charge is -2.20. The SMILES string of the molecule is C=C(C(=O)O)c1cccc2c1OC1CCC(NS(=O)(=O)c3ccc(Br)cc3)C21. The Bertz CT molecular complexity index is 1060. The van der Waals surface area contributed by atoms with Crippen LogP contribution in [-0.2, 0) is 14.8 Å². The van der Waals surface area contributed by atoms with Gasteiger partial charge in [-0.15, -0.1) is 0 Å². The molecule has 0 spiro atoms. The number of sulfonamides is 1. The lowest BCUT2D eigenvalue weighted by Crippen LogP contribution is -2.37. The van der Waals surface area contributed by atoms with Gasteiger partial charge < -0.3 is 9.84 Å². The van der Waals surface area contributed by atoms with Crippen LogP contribution in [0, 0.1) is 0 Å². The molecule has 8 heteroatoms. The number of aliphatic carboxylic acids is 1. The summed E-state index contributed by atoms with van der Waals surface area (Å²) in [7, 11) is -3.68. The highest BCUT2D eigenvalue weighted by Crippen LogP contribution is 2.49. The van der Waals surface area contributed by atoms with Crippen LogP contribution in [0.3, 0.4) is 0 Å². The minimum Gasteiger partial charge on any atom is -0.489 e. The van der Waals surface area contributed by atoms with Crippen LogP contribution >= 0.6 is 15.9 Å². The molecular weight excluding hydrogens is 446 g/mol. The van der Waals surface area contributed by atoms with Crippen LogP contribution in [0.5, 0.6) is 5.75 Å². The molecule has 3 unspecified atom stereocenters. The maximum atomic E-state index is 12.8. The van der Waals surface area contributed by atoms with Gasteiger partial charge in [0.1, 0.15) is 11.9 Å². The minimum absolute atomic E-state index is 0.0381. The number of hydrogen-bond acceptors (Lipinski definition) is 4. The predicted molar refractivity (Wildman–Crippen MR) is 108 cm³/mol. The number of ether oxygens (including phenoxy) is 1. The van der Waals surface area contributed by atoms with E-state index in [-0.39, 0.29) is 28.5 Å². The van der Waals surface area contributed by atoms with Crippen molar-refractivity contribution >= 4 is 37.5 Å². The Morgan fingerprint density at radius 1 is 1.18 bits per heavy atom. The van der Waals surface area contributed by atoms with Gasteiger partial charge in [-0.3, -0.25) is 0 Å². The number of hydrogen-bond donors (Lipinski definition) is 2. The molecule has 0 bridgehead atoms. The molecule has 1 aliphatic carbocycles. The van der Waals surface area contributed by atoms with Gasteiger partial charge in [-0.2, -0.15) is 0 Å². The molecule has 1 saturated carbocycles. The van der Waals surface area contributed by atoms with Gasteiger partial charge in [0.15, 0.2) is 0 Å². The summed E-state index contributed by atoms with van der Waals surface area (Å²) in [4.78, 5) is 11.5. The molecule has 28 heavy (non-hydrogen) atoms. The Kier molecular flexibility index (Phi) is 4.81. The highest BCUT2D eigenvalue weighted by Gasteiger charge is 2.47. The first-order chi connectivity index (χ1) is 13.3. The van der Waals surface area contributed by atoms with E-state index in [1.54, 1.807) is 36.4 Å². The largest absolute Gasteiger partial charge is 0.489 e. The summed E-state index contributed by atoms with van der Waals surface area (Å²) < 4.78 is 35.3. The number of carbonyl (C=O) groups is 1. The molecule has 146 valence electrons. The summed E-state index contributed by atoms with van der Waals surface area (Å²) in [6.07, 6.45) is 1.15. The smallest absolute Gasteiger partial charge is 0.335 e. The predicted octanol–water partition coefficient (Wildman–Crippen LogP) is 3.53. The van der Waals surface area contributed by atoms with Crippen LogP contribution in [0.1, 0.15) is 29.9 Å². The second kappa shape index (κ2) is 7.02. The molecule has 1 heterocycles. The molecule has 2 aliphatic rings. The topological polar surface area (TPSA) is 92.7 Å². The fourth-order valence-corrected chi connectivity index (χ4v) is 5.54. The van der Waals surface area contributed by atoms with E-state index >= 15 is 0 Å². The first-order valence-corrected chi connectivity index (χ1v) is 11.1. The molecule has 2 aromatic carbocycles. The number of rotatable bonds is 5. The molecule has 0 amide bonds. The van der Waals surface area contributed by atoms with Crippen molar-refractivity contribution in [3.8, 4) is 5.75 Å². The third-order valence-electron chi connectivity index (χ3n) is 5.28. The number of carboxylic acid groups (broad SMARTS) is 1. The first kappa shape index (κ1) is 19.2. The Labute approximate surface area is 171 Å². The summed E-state index contributed by atoms with van der Waals surface area (Å²) in [5.74, 6) is -0.777. The zero-order chi connectivity index (χ0) is 20.1. The first-order valence-electron chi connectivity index (χ1n) is 8.78. The van der Waals surface area contributed by atoms with Gasteiger partial charge in [0.2, 0.25) is 10.0 Å². The lowest BCUT2D eigenvalue weighted by atomic mass is 9.92. The Balaban J connectivity index is 1.64. The van der Waals surface area contributed by atoms with Crippen LogP contribution in [0.25, 0.3) is 5.57 Å². The number of benzene rings is 2. The van der Waals surface area contributed by atoms with Crippen molar-refractivity contribution < 1.29 is 23.1 Å². The third kappa shape index (κ3) is 3.25. The second-order valence-electron chi connectivity index (χ2n) is 6.95. The van der Waals surface area contributed by atoms with Crippen molar-refractivity contribution in [1.29, 1.82) is 0 Å². The Morgan fingerprint density at radius 2 is 1.89 bits per heavy atom. The standard InChI is InChI=1S/C20H18BrNO5S/c1-11(20(23)24)14-3-2-4-15-18-16(9-10-17(18)27-19(14)15)22-28(25,26)13-7-5-12(21)6-8-13/h2-8,16-18,22H,1,9-10H2,(H,23,24). The highest BCUT2D eigenvalue weighted by atomic mass is 79.9. The monoisotopic (exact) mass is 463 g/mol. The van der Waals surface area contributed by atoms with Gasteiger partial charge in [0, 0.05) is 27.6 Å². The average Bonchev–Trinajstić information content (AvgIpc) is 3.21. The summed E-state index contributed by atoms with van der Waals surface area (Å²) in [6, 6.07) is 11.4. The van der Waals surface area contributed by atoms with Crippen molar-refractivity contribution in [3.05, 3.63) is 64.6 Å². The van der Waals surface area contributed by atoms with Crippen LogP contribution < -0.4 is 9.46 Å². The van der Waals surface area contributed by atoms with Gasteiger partial charge >= 0.3 is 5.97 Å². The van der Waals surface area contributed by atoms with Gasteiger partial charge in [0.25, 0.3) is 0 Å². The van der Waals surface area contributed by atoms with Crippen LogP contribution in [0.15, 0.2) is 58.4 Å². The van der Waals surface area contributed by atoms with Crippen LogP contribution in [-0.4, -0.2) is 31.6 Å². The van der Waals surface area contributed by atoms with Gasteiger partial charge in [-0.1, -0.05) is 40.7 Å². The lowest BCUT2D eigenvalue weighted by molar-refractivity contribution is -0.130. The molecule has 6 nitrogen and oxygen atoms in total. The van der Waals surface area contributed by atoms with Crippen molar-refractivity contribution in [2.24, 2.45) is 0 Å². The number of para-hydroxylation sites is 1. The highest BCUT2D eigenvalue weighted by molar-refractivity contribution is 9.10. The quantitative estimate of drug-likeness (QED) is 0.661. The van der Waals surface area contributed by atoms with Crippen LogP contribution in [0.2, 0.25) is 0 Å². The van der Waals surface area contributed by atoms with E-state index in [9.17, 15) is 18.3 Å². The molecule has 0 aromatic heterocycles. The zero-order valence-electron chi connectivity index (χ0n) is 14.8. The average molecular weight is 464 g/mol. The molecule has 1 aliphatic heterocycles. The maximum Gasteiger partial charge on any atom is 0.335 e. The zero-order valence-corrected chi connectivity index (χ0v) is 17.2. The van der Waals surface area contributed by atoms with E-state index < -0.39 is 16.0 Å². The van der Waals surface area contributed by atoms with E-state index in [2.05, 4.69) is 27.2 Å². The summed E-state index contributed by atoms with van der Waals surface area (Å²) >= 11 is 3.30. The fraction of sp³-hybridized carbons (Fsp3) is 0.250. The molecule has 4 rings (SSSR count). The Morgan fingerprint density at radius 3 is 2.57 bits per heavy atom. The number of carboxylic acids is 1. The molecule has 2 aromatic rings. The van der Waals surface area contributed by atoms with E-state index in [1.807, 2.05) is 6.07 Å². The van der Waals surface area contributed by atoms with E-state index in [1.165, 1.54) is 0 Å². The number of halogens is 1. The van der Waals surface area contributed by atoms with E-state index in [0.29, 0.717) is 24.2 Å². The van der Waals surface area contributed by atoms with Crippen molar-refractivity contribution in [2.45, 2.75) is 35.8 Å². The normalized spacial score (nSPS) is 23.0. The van der Waals surface area contributed by atoms with Gasteiger partial charge in [-0.25, -0.2) is 17.9 Å². The molecule has 2 N–H and O–H groups in total. The van der Waals surface area contributed by atoms with E-state index in [0.717, 1.165) is 10.0 Å². The summed E-state index contributed by atoms with van der Waals surface area (Å²) in [6.45, 7) is 3.63. The molecular formula is C20H18BrNO5S. The number of fused-ring (bicyclic) bond motifs is 3. The van der Waals surface area contributed by atoms with Gasteiger partial charge in [0.05, 0.1) is 10.5 Å². The summed E-state index contributed by atoms with van der Waals surface area (Å²) in [5.41, 5.74) is 1.23. The number of nitrogens with one attached hydrogen (secondary N) is 1. The molecule has 1 fully saturated rings. The molecule has 0 radical (unpaired) electrons. The van der Waals surface area contributed by atoms with Crippen molar-refractivity contribution in [2.75, 3.05) is 0 Å².